The molecule has 2 bridgehead atoms. The number of fused-ring (bicyclic) bond motifs is 4. The summed E-state index contributed by atoms with van der Waals surface area (Å²) < 4.78 is 37.0. The Morgan fingerprint density at radius 2 is 1.80 bits per heavy atom. The van der Waals surface area contributed by atoms with E-state index in [1.54, 1.807) is 34.0 Å². The van der Waals surface area contributed by atoms with E-state index in [0.717, 1.165) is 53.0 Å². The number of benzene rings is 1. The van der Waals surface area contributed by atoms with Crippen LogP contribution in [0.4, 0.5) is 18.9 Å². The molecular weight excluding hydrogens is 677 g/mol. The Morgan fingerprint density at radius 1 is 1.04 bits per heavy atom. The van der Waals surface area contributed by atoms with Gasteiger partial charge >= 0.3 is 12.1 Å². The van der Waals surface area contributed by atoms with Crippen molar-refractivity contribution in [1.29, 1.82) is 0 Å². The first-order valence-electron chi connectivity index (χ1n) is 15.8. The van der Waals surface area contributed by atoms with Gasteiger partial charge in [-0.3, -0.25) is 28.5 Å². The van der Waals surface area contributed by atoms with Gasteiger partial charge in [0.1, 0.15) is 0 Å². The topological polar surface area (TPSA) is 150 Å². The Morgan fingerprint density at radius 3 is 2.50 bits per heavy atom. The zero-order valence-corrected chi connectivity index (χ0v) is 28.1. The van der Waals surface area contributed by atoms with Crippen molar-refractivity contribution in [1.82, 2.24) is 34.1 Å². The van der Waals surface area contributed by atoms with Crippen molar-refractivity contribution in [3.05, 3.63) is 88.6 Å². The lowest BCUT2D eigenvalue weighted by Gasteiger charge is -2.22. The molecule has 0 radical (unpaired) electrons. The largest absolute Gasteiger partial charge is 0.490 e. The molecule has 262 valence electrons. The number of hydrogen-bond acceptors (Lipinski definition) is 7. The van der Waals surface area contributed by atoms with Gasteiger partial charge in [-0.2, -0.15) is 23.4 Å². The predicted molar refractivity (Wildman–Crippen MR) is 180 cm³/mol. The SMILES string of the molecule is CCCn1cc(-c2ccc(Cl)cc2-c2cc(=O)n([C@H]3CCC[C@@H](C)C(=O)Nc4cnn(C)c4-c4ccnc3c4)cn2)cn1.O=C(O)C(F)(F)F. The number of aromatic nitrogens is 7. The standard InChI is InChI=1S/C32H33ClN8O2.C2HF3O2/c1-4-12-40-18-22(16-37-40)24-9-8-23(33)14-25(24)26-15-30(42)41(19-35-26)29-7-5-6-20(2)32(43)38-28-17-36-39(3)31(28)21-10-11-34-27(29)13-21;3-2(4,5)1(6)7/h8-11,13-20,29H,4-7,12H2,1-3H3,(H,38,43);(H,6,7)/t20-,29+;/m1./s1. The minimum absolute atomic E-state index is 0.0543. The molecule has 0 fully saturated rings. The molecule has 1 aromatic carbocycles. The molecule has 5 aromatic rings. The van der Waals surface area contributed by atoms with Gasteiger partial charge in [-0.05, 0) is 49.1 Å². The fourth-order valence-electron chi connectivity index (χ4n) is 5.71. The van der Waals surface area contributed by atoms with Gasteiger partial charge in [0.25, 0.3) is 5.56 Å². The molecule has 1 aliphatic rings. The van der Waals surface area contributed by atoms with E-state index >= 15 is 0 Å². The first-order valence-corrected chi connectivity index (χ1v) is 16.1. The molecule has 0 saturated carbocycles. The minimum Gasteiger partial charge on any atom is -0.475 e. The number of aliphatic carboxylic acids is 1. The number of nitrogens with one attached hydrogen (secondary N) is 1. The summed E-state index contributed by atoms with van der Waals surface area (Å²) in [6, 6.07) is 10.6. The second kappa shape index (κ2) is 15.1. The molecule has 5 heterocycles. The summed E-state index contributed by atoms with van der Waals surface area (Å²) in [7, 11) is 1.84. The van der Waals surface area contributed by atoms with Crippen LogP contribution in [0.15, 0.2) is 72.3 Å². The third-order valence-electron chi connectivity index (χ3n) is 8.22. The van der Waals surface area contributed by atoms with Crippen molar-refractivity contribution in [2.45, 2.75) is 58.3 Å². The molecule has 1 amide bonds. The number of hydrogen-bond donors (Lipinski definition) is 2. The molecule has 12 nitrogen and oxygen atoms in total. The van der Waals surface area contributed by atoms with Crippen molar-refractivity contribution in [2.24, 2.45) is 13.0 Å². The number of carbonyl (C=O) groups is 2. The van der Waals surface area contributed by atoms with E-state index < -0.39 is 12.1 Å². The molecule has 2 atom stereocenters. The average Bonchev–Trinajstić information content (AvgIpc) is 3.69. The van der Waals surface area contributed by atoms with Gasteiger partial charge in [0, 0.05) is 59.7 Å². The number of anilines is 1. The van der Waals surface area contributed by atoms with Crippen LogP contribution >= 0.6 is 11.6 Å². The van der Waals surface area contributed by atoms with Gasteiger partial charge in [0.15, 0.2) is 0 Å². The van der Waals surface area contributed by atoms with Crippen LogP contribution in [-0.2, 0) is 23.2 Å². The molecule has 0 saturated heterocycles. The molecular formula is C34H34ClF3N8O4. The maximum absolute atomic E-state index is 13.8. The number of rotatable bonds is 5. The van der Waals surface area contributed by atoms with Crippen LogP contribution < -0.4 is 10.9 Å². The van der Waals surface area contributed by atoms with Gasteiger partial charge in [0.2, 0.25) is 5.91 Å². The van der Waals surface area contributed by atoms with Crippen LogP contribution in [0.1, 0.15) is 51.3 Å². The van der Waals surface area contributed by atoms with Crippen molar-refractivity contribution in [3.8, 4) is 33.6 Å². The third-order valence-corrected chi connectivity index (χ3v) is 8.46. The van der Waals surface area contributed by atoms with Crippen LogP contribution in [0.5, 0.6) is 0 Å². The Hall–Kier alpha value is -5.31. The minimum atomic E-state index is -5.08. The fourth-order valence-corrected chi connectivity index (χ4v) is 5.88. The van der Waals surface area contributed by atoms with Gasteiger partial charge in [0.05, 0.1) is 47.5 Å². The number of halogens is 4. The highest BCUT2D eigenvalue weighted by Gasteiger charge is 2.38. The van der Waals surface area contributed by atoms with Crippen molar-refractivity contribution < 1.29 is 27.9 Å². The summed E-state index contributed by atoms with van der Waals surface area (Å²) in [5.74, 6) is -3.02. The van der Waals surface area contributed by atoms with Crippen molar-refractivity contribution in [3.63, 3.8) is 0 Å². The fraction of sp³-hybridized carbons (Fsp3) is 0.324. The molecule has 16 heteroatoms. The van der Waals surface area contributed by atoms with Crippen molar-refractivity contribution >= 4 is 29.2 Å². The Kier molecular flexibility index (Phi) is 10.8. The maximum atomic E-state index is 13.8. The van der Waals surface area contributed by atoms with E-state index in [4.69, 9.17) is 26.5 Å². The summed E-state index contributed by atoms with van der Waals surface area (Å²) in [5.41, 5.74) is 5.94. The van der Waals surface area contributed by atoms with Crippen LogP contribution in [0.2, 0.25) is 5.02 Å². The number of carboxylic acid groups (broad SMARTS) is 1. The van der Waals surface area contributed by atoms with E-state index in [2.05, 4.69) is 27.4 Å². The Labute approximate surface area is 289 Å². The molecule has 4 aromatic heterocycles. The number of nitrogens with zero attached hydrogens (tertiary/aromatic N) is 7. The van der Waals surface area contributed by atoms with E-state index in [-0.39, 0.29) is 23.4 Å². The number of carbonyl (C=O) groups excluding carboxylic acids is 1. The highest BCUT2D eigenvalue weighted by molar-refractivity contribution is 6.31. The smallest absolute Gasteiger partial charge is 0.475 e. The van der Waals surface area contributed by atoms with Crippen LogP contribution in [0, 0.1) is 5.92 Å². The highest BCUT2D eigenvalue weighted by atomic mass is 35.5. The Balaban J connectivity index is 0.000000630. The third kappa shape index (κ3) is 8.10. The van der Waals surface area contributed by atoms with Crippen LogP contribution in [0.25, 0.3) is 33.6 Å². The zero-order valence-electron chi connectivity index (χ0n) is 27.4. The summed E-state index contributed by atoms with van der Waals surface area (Å²) >= 11 is 6.41. The molecule has 6 rings (SSSR count). The lowest BCUT2D eigenvalue weighted by molar-refractivity contribution is -0.192. The number of aryl methyl sites for hydroxylation is 2. The van der Waals surface area contributed by atoms with Gasteiger partial charge < -0.3 is 10.4 Å². The number of carboxylic acids is 1. The van der Waals surface area contributed by atoms with E-state index in [1.165, 1.54) is 0 Å². The lowest BCUT2D eigenvalue weighted by Crippen LogP contribution is -2.27. The van der Waals surface area contributed by atoms with E-state index in [9.17, 15) is 22.8 Å². The molecule has 0 unspecified atom stereocenters. The van der Waals surface area contributed by atoms with Crippen LogP contribution in [-0.4, -0.2) is 57.3 Å². The normalized spacial score (nSPS) is 16.3. The average molecular weight is 711 g/mol. The maximum Gasteiger partial charge on any atom is 0.490 e. The molecule has 0 aliphatic carbocycles. The molecule has 50 heavy (non-hydrogen) atoms. The second-order valence-corrected chi connectivity index (χ2v) is 12.3. The lowest BCUT2D eigenvalue weighted by atomic mass is 9.96. The molecule has 1 aliphatic heterocycles. The number of pyridine rings is 1. The Bertz CT molecular complexity index is 2070. The summed E-state index contributed by atoms with van der Waals surface area (Å²) in [5, 5.41) is 19.6. The molecule has 0 spiro atoms. The van der Waals surface area contributed by atoms with Gasteiger partial charge in [-0.15, -0.1) is 0 Å². The summed E-state index contributed by atoms with van der Waals surface area (Å²) in [4.78, 5) is 45.1. The monoisotopic (exact) mass is 710 g/mol. The molecule has 2 N–H and O–H groups in total. The van der Waals surface area contributed by atoms with Crippen LogP contribution in [0.3, 0.4) is 0 Å². The summed E-state index contributed by atoms with van der Waals surface area (Å²) in [6.07, 6.45) is 6.70. The predicted octanol–water partition coefficient (Wildman–Crippen LogP) is 6.61. The number of amides is 1. The first-order chi connectivity index (χ1) is 23.8. The van der Waals surface area contributed by atoms with Gasteiger partial charge in [-0.25, -0.2) is 9.78 Å². The summed E-state index contributed by atoms with van der Waals surface area (Å²) in [6.45, 7) is 4.84. The number of alkyl halides is 3. The van der Waals surface area contributed by atoms with E-state index in [1.807, 2.05) is 61.4 Å². The highest BCUT2D eigenvalue weighted by Crippen LogP contribution is 2.35. The quantitative estimate of drug-likeness (QED) is 0.207. The second-order valence-electron chi connectivity index (χ2n) is 11.8. The van der Waals surface area contributed by atoms with Crippen molar-refractivity contribution in [2.75, 3.05) is 5.32 Å². The zero-order chi connectivity index (χ0) is 36.2. The van der Waals surface area contributed by atoms with Gasteiger partial charge in [-0.1, -0.05) is 37.9 Å². The van der Waals surface area contributed by atoms with E-state index in [0.29, 0.717) is 29.2 Å². The first kappa shape index (κ1) is 36.0.